The summed E-state index contributed by atoms with van der Waals surface area (Å²) in [4.78, 5) is 15.1. The number of hydrogen-bond acceptors (Lipinski definition) is 2. The predicted molar refractivity (Wildman–Crippen MR) is 70.0 cm³/mol. The fourth-order valence-corrected chi connectivity index (χ4v) is 1.63. The summed E-state index contributed by atoms with van der Waals surface area (Å²) >= 11 is 0. The topological polar surface area (TPSA) is 86.4 Å². The number of benzene rings is 1. The van der Waals surface area contributed by atoms with Crippen molar-refractivity contribution >= 4 is 23.1 Å². The van der Waals surface area contributed by atoms with Crippen LogP contribution in [0, 0.1) is 0 Å². The number of para-hydroxylation sites is 1. The summed E-state index contributed by atoms with van der Waals surface area (Å²) in [5.41, 5.74) is 11.1. The van der Waals surface area contributed by atoms with Crippen LogP contribution in [0.2, 0.25) is 0 Å². The number of nitrogens with two attached hydrogens (primary N) is 2. The molecule has 0 atom stereocenters. The van der Waals surface area contributed by atoms with Crippen molar-refractivity contribution in [1.29, 1.82) is 0 Å². The van der Waals surface area contributed by atoms with Gasteiger partial charge >= 0.3 is 0 Å². The molecule has 0 saturated heterocycles. The van der Waals surface area contributed by atoms with E-state index in [4.69, 9.17) is 5.73 Å². The summed E-state index contributed by atoms with van der Waals surface area (Å²) in [5.74, 6) is -0.323. The van der Waals surface area contributed by atoms with Gasteiger partial charge in [0.1, 0.15) is 5.69 Å². The monoisotopic (exact) mass is 232 g/mol. The van der Waals surface area contributed by atoms with Crippen LogP contribution in [0.15, 0.2) is 35.3 Å². The third-order valence-corrected chi connectivity index (χ3v) is 2.36. The third kappa shape index (κ3) is 2.51. The van der Waals surface area contributed by atoms with Gasteiger partial charge in [-0.2, -0.15) is 4.99 Å². The molecule has 0 spiro atoms. The van der Waals surface area contributed by atoms with Crippen molar-refractivity contribution in [3.63, 3.8) is 0 Å². The maximum atomic E-state index is 11.5. The van der Waals surface area contributed by atoms with Gasteiger partial charge in [0.25, 0.3) is 5.91 Å². The average molecular weight is 232 g/mol. The maximum absolute atomic E-state index is 11.5. The van der Waals surface area contributed by atoms with E-state index in [9.17, 15) is 4.79 Å². The van der Waals surface area contributed by atoms with Crippen LogP contribution in [0.1, 0.15) is 10.5 Å². The first kappa shape index (κ1) is 12.9. The molecule has 0 aliphatic rings. The molecule has 17 heavy (non-hydrogen) atoms. The standard InChI is InChI=1S/C11H11N3O.CH5N/c1-14-9-5-3-2-4-8(9)6-10(14)11(15)13-7-12;1-2/h2-7H,1H3,(H2,12,13,15);2H2,1H3. The zero-order valence-corrected chi connectivity index (χ0v) is 9.92. The minimum Gasteiger partial charge on any atom is -0.390 e. The molecule has 90 valence electrons. The van der Waals surface area contributed by atoms with Crippen molar-refractivity contribution in [3.8, 4) is 0 Å². The fraction of sp³-hybridized carbons (Fsp3) is 0.167. The number of hydrogen-bond donors (Lipinski definition) is 2. The van der Waals surface area contributed by atoms with Crippen LogP contribution in [-0.4, -0.2) is 23.9 Å². The summed E-state index contributed by atoms with van der Waals surface area (Å²) in [6.45, 7) is 0. The molecule has 4 N–H and O–H groups in total. The molecule has 0 saturated carbocycles. The fourth-order valence-electron chi connectivity index (χ4n) is 1.63. The lowest BCUT2D eigenvalue weighted by molar-refractivity contribution is 0.0996. The number of fused-ring (bicyclic) bond motifs is 1. The van der Waals surface area contributed by atoms with Gasteiger partial charge in [-0.1, -0.05) is 18.2 Å². The number of nitrogens with zero attached hydrogens (tertiary/aromatic N) is 2. The number of aromatic nitrogens is 1. The van der Waals surface area contributed by atoms with Crippen molar-refractivity contribution in [2.75, 3.05) is 7.05 Å². The Balaban J connectivity index is 0.000000686. The molecule has 5 heteroatoms. The highest BCUT2D eigenvalue weighted by molar-refractivity contribution is 6.01. The molecule has 1 heterocycles. The van der Waals surface area contributed by atoms with Gasteiger partial charge in [-0.3, -0.25) is 4.79 Å². The number of rotatable bonds is 1. The summed E-state index contributed by atoms with van der Waals surface area (Å²) in [6.07, 6.45) is 1.01. The van der Waals surface area contributed by atoms with Crippen molar-refractivity contribution in [3.05, 3.63) is 36.0 Å². The number of carbonyl (C=O) groups is 1. The largest absolute Gasteiger partial charge is 0.390 e. The van der Waals surface area contributed by atoms with E-state index < -0.39 is 0 Å². The maximum Gasteiger partial charge on any atom is 0.294 e. The molecule has 0 aliphatic heterocycles. The summed E-state index contributed by atoms with van der Waals surface area (Å²) in [7, 11) is 3.33. The third-order valence-electron chi connectivity index (χ3n) is 2.36. The lowest BCUT2D eigenvalue weighted by Crippen LogP contribution is -2.04. The van der Waals surface area contributed by atoms with Crippen LogP contribution in [0.5, 0.6) is 0 Å². The zero-order valence-electron chi connectivity index (χ0n) is 9.92. The molecule has 0 radical (unpaired) electrons. The van der Waals surface area contributed by atoms with E-state index in [0.717, 1.165) is 17.2 Å². The van der Waals surface area contributed by atoms with Gasteiger partial charge in [0.15, 0.2) is 0 Å². The van der Waals surface area contributed by atoms with Gasteiger partial charge < -0.3 is 16.0 Å². The molecule has 0 unspecified atom stereocenters. The second-order valence-corrected chi connectivity index (χ2v) is 3.23. The first-order valence-corrected chi connectivity index (χ1v) is 5.15. The molecule has 2 aromatic rings. The van der Waals surface area contributed by atoms with E-state index in [1.807, 2.05) is 41.9 Å². The first-order chi connectivity index (χ1) is 8.24. The second-order valence-electron chi connectivity index (χ2n) is 3.23. The van der Waals surface area contributed by atoms with Crippen molar-refractivity contribution < 1.29 is 4.79 Å². The van der Waals surface area contributed by atoms with Gasteiger partial charge in [-0.15, -0.1) is 0 Å². The molecular formula is C12H16N4O. The lowest BCUT2D eigenvalue weighted by atomic mass is 10.2. The molecule has 1 aromatic heterocycles. The van der Waals surface area contributed by atoms with Crippen LogP contribution in [0.3, 0.4) is 0 Å². The van der Waals surface area contributed by atoms with E-state index >= 15 is 0 Å². The lowest BCUT2D eigenvalue weighted by Gasteiger charge is -1.98. The summed E-state index contributed by atoms with van der Waals surface area (Å²) < 4.78 is 1.81. The Hall–Kier alpha value is -2.14. The minimum absolute atomic E-state index is 0.323. The number of aliphatic imine (C=N–C) groups is 1. The van der Waals surface area contributed by atoms with E-state index in [-0.39, 0.29) is 5.91 Å². The molecule has 0 bridgehead atoms. The Kier molecular flexibility index (Phi) is 4.42. The SMILES string of the molecule is CN.Cn1c(C(=O)N=CN)cc2ccccc21. The van der Waals surface area contributed by atoms with Crippen LogP contribution in [-0.2, 0) is 7.05 Å². The van der Waals surface area contributed by atoms with E-state index in [2.05, 4.69) is 10.7 Å². The van der Waals surface area contributed by atoms with Crippen LogP contribution >= 0.6 is 0 Å². The highest BCUT2D eigenvalue weighted by Gasteiger charge is 2.10. The molecule has 0 aliphatic carbocycles. The Morgan fingerprint density at radius 1 is 1.35 bits per heavy atom. The Labute approximate surface area is 99.7 Å². The first-order valence-electron chi connectivity index (χ1n) is 5.15. The average Bonchev–Trinajstić information content (AvgIpc) is 2.70. The summed E-state index contributed by atoms with van der Waals surface area (Å²) in [5, 5.41) is 1.02. The van der Waals surface area contributed by atoms with E-state index in [1.54, 1.807) is 0 Å². The van der Waals surface area contributed by atoms with Gasteiger partial charge in [0.2, 0.25) is 0 Å². The Morgan fingerprint density at radius 2 is 2.00 bits per heavy atom. The quantitative estimate of drug-likeness (QED) is 0.565. The van der Waals surface area contributed by atoms with Gasteiger partial charge in [0.05, 0.1) is 6.34 Å². The summed E-state index contributed by atoms with van der Waals surface area (Å²) in [6, 6.07) is 9.59. The Morgan fingerprint density at radius 3 is 2.59 bits per heavy atom. The van der Waals surface area contributed by atoms with Gasteiger partial charge in [-0.05, 0) is 19.2 Å². The smallest absolute Gasteiger partial charge is 0.294 e. The molecular weight excluding hydrogens is 216 g/mol. The van der Waals surface area contributed by atoms with Gasteiger partial charge in [-0.25, -0.2) is 0 Å². The van der Waals surface area contributed by atoms with Crippen LogP contribution in [0.25, 0.3) is 10.9 Å². The number of aryl methyl sites for hydroxylation is 1. The zero-order chi connectivity index (χ0) is 12.8. The normalized spacial score (nSPS) is 10.3. The molecule has 2 rings (SSSR count). The highest BCUT2D eigenvalue weighted by Crippen LogP contribution is 2.18. The van der Waals surface area contributed by atoms with Crippen molar-refractivity contribution in [1.82, 2.24) is 4.57 Å². The molecule has 1 amide bonds. The van der Waals surface area contributed by atoms with Crippen LogP contribution < -0.4 is 11.5 Å². The Bertz CT molecular complexity index is 542. The van der Waals surface area contributed by atoms with Gasteiger partial charge in [0, 0.05) is 18.0 Å². The van der Waals surface area contributed by atoms with Crippen LogP contribution in [0.4, 0.5) is 0 Å². The van der Waals surface area contributed by atoms with Crippen molar-refractivity contribution in [2.45, 2.75) is 0 Å². The molecule has 5 nitrogen and oxygen atoms in total. The molecule has 0 fully saturated rings. The minimum atomic E-state index is -0.323. The van der Waals surface area contributed by atoms with E-state index in [1.165, 1.54) is 7.05 Å². The van der Waals surface area contributed by atoms with Crippen molar-refractivity contribution in [2.24, 2.45) is 23.5 Å². The molecule has 1 aromatic carbocycles. The second kappa shape index (κ2) is 5.81. The highest BCUT2D eigenvalue weighted by atomic mass is 16.1. The predicted octanol–water partition coefficient (Wildman–Crippen LogP) is 0.880. The van der Waals surface area contributed by atoms with E-state index in [0.29, 0.717) is 5.69 Å². The number of amides is 1. The number of carbonyl (C=O) groups excluding carboxylic acids is 1.